The Hall–Kier alpha value is -3.48. The molecule has 0 unspecified atom stereocenters. The standard InChI is InChI=1S/C55H88FN5O14S/c1-15-44-55(11,65)42-21-16-31(2)30-70-54(10,26-32(3)46(58-66)34(42)5)50(35(6)48(36(7)51(64)73-44)74-45-27-53(9,69-13)49(63)37(8)72-45)75-52-47(62)43(24-33(4)71-52)60(12)23-22-39-29-61(59-57-39)40(28-56)25-38-17-19-41(20-18-38)76(14,67)68/h17-20,29,32-37,40,42-45,47-50,52,62-63,65-66H,2,15-16,21-28,30H2,1,3-14H3/b58-46+/t32-,33-,34-,35+,36-,37+,40+,42-,43+,44-,45+,47-,48+,49+,50-,52+,53-,54-,55+/m1/s1. The van der Waals surface area contributed by atoms with Gasteiger partial charge in [-0.05, 0) is 111 Å². The van der Waals surface area contributed by atoms with Gasteiger partial charge in [-0.15, -0.1) is 5.10 Å². The number of carbonyl (C=O) groups is 1. The van der Waals surface area contributed by atoms with Crippen LogP contribution in [-0.2, 0) is 60.6 Å². The van der Waals surface area contributed by atoms with Crippen molar-refractivity contribution in [3.8, 4) is 0 Å². The molecule has 19 atom stereocenters. The number of aliphatic hydroxyl groups excluding tert-OH is 2. The third-order valence-electron chi connectivity index (χ3n) is 17.2. The number of cyclic esters (lactones) is 1. The topological polar surface area (TPSA) is 243 Å². The van der Waals surface area contributed by atoms with Crippen molar-refractivity contribution < 1.29 is 71.3 Å². The number of fused-ring (bicyclic) bond motifs is 5. The van der Waals surface area contributed by atoms with Crippen LogP contribution < -0.4 is 0 Å². The number of aliphatic hydroxyl groups is 3. The maximum Gasteiger partial charge on any atom is 0.311 e. The lowest BCUT2D eigenvalue weighted by molar-refractivity contribution is -0.320. The second-order valence-electron chi connectivity index (χ2n) is 23.2. The summed E-state index contributed by atoms with van der Waals surface area (Å²) in [6.07, 6.45) is -3.23. The van der Waals surface area contributed by atoms with Gasteiger partial charge in [-0.1, -0.05) is 62.3 Å². The molecule has 0 spiro atoms. The Morgan fingerprint density at radius 1 is 1.04 bits per heavy atom. The van der Waals surface area contributed by atoms with Gasteiger partial charge in [-0.2, -0.15) is 0 Å². The number of hydrogen-bond donors (Lipinski definition) is 4. The van der Waals surface area contributed by atoms with Crippen molar-refractivity contribution in [1.29, 1.82) is 0 Å². The normalized spacial score (nSPS) is 39.5. The molecule has 21 heteroatoms. The third-order valence-corrected chi connectivity index (χ3v) is 18.3. The summed E-state index contributed by atoms with van der Waals surface area (Å²) in [5.41, 5.74) is -1.43. The second-order valence-corrected chi connectivity index (χ2v) is 25.2. The number of benzene rings is 1. The lowest BCUT2D eigenvalue weighted by Gasteiger charge is -2.50. The first-order valence-corrected chi connectivity index (χ1v) is 28.9. The third kappa shape index (κ3) is 13.9. The molecule has 4 N–H and O–H groups in total. The number of likely N-dealkylation sites (N-methyl/N-ethyl adjacent to an activating group) is 1. The molecule has 6 rings (SSSR count). The largest absolute Gasteiger partial charge is 0.459 e. The SMILES string of the molecule is C=C1CC[C@@H]2[C@@H](C)/C(=N/O)[C@H](C)C[C@@](C)(OC1)[C@H](O[C@@H]1O[C@H](C)C[C@H](N(C)CCc3cn([C@H](CF)Cc4ccc(S(C)(=O)=O)cc4)nn3)[C@H]1O)[C@@H](C)[C@H](O[C@H]1C[C@@](C)(OC)[C@@H](O)[C@H](C)O1)[C@@H](C)C(=O)O[C@H](CC)[C@@]2(C)O. The Bertz CT molecular complexity index is 2390. The average Bonchev–Trinajstić information content (AvgIpc) is 3.84. The molecule has 0 amide bonds. The predicted octanol–water partition coefficient (Wildman–Crippen LogP) is 6.04. The van der Waals surface area contributed by atoms with Crippen LogP contribution >= 0.6 is 0 Å². The van der Waals surface area contributed by atoms with Crippen molar-refractivity contribution in [3.63, 3.8) is 0 Å². The molecule has 4 aliphatic heterocycles. The summed E-state index contributed by atoms with van der Waals surface area (Å²) < 4.78 is 86.3. The summed E-state index contributed by atoms with van der Waals surface area (Å²) in [6, 6.07) is 5.19. The van der Waals surface area contributed by atoms with E-state index in [9.17, 15) is 38.1 Å². The van der Waals surface area contributed by atoms with Crippen molar-refractivity contribution in [1.82, 2.24) is 19.9 Å². The highest BCUT2D eigenvalue weighted by Crippen LogP contribution is 2.45. The Morgan fingerprint density at radius 2 is 1.72 bits per heavy atom. The zero-order valence-corrected chi connectivity index (χ0v) is 47.8. The lowest BCUT2D eigenvalue weighted by Crippen LogP contribution is -2.61. The smallest absolute Gasteiger partial charge is 0.311 e. The van der Waals surface area contributed by atoms with Gasteiger partial charge in [0.1, 0.15) is 30.6 Å². The first-order chi connectivity index (χ1) is 35.6. The number of sulfone groups is 1. The minimum Gasteiger partial charge on any atom is -0.459 e. The van der Waals surface area contributed by atoms with E-state index >= 15 is 0 Å². The van der Waals surface area contributed by atoms with Crippen LogP contribution in [0.3, 0.4) is 0 Å². The molecule has 430 valence electrons. The van der Waals surface area contributed by atoms with Gasteiger partial charge in [0.05, 0.1) is 70.5 Å². The molecule has 19 nitrogen and oxygen atoms in total. The van der Waals surface area contributed by atoms with Crippen molar-refractivity contribution in [2.45, 2.75) is 210 Å². The van der Waals surface area contributed by atoms with Crippen LogP contribution in [0.25, 0.3) is 0 Å². The van der Waals surface area contributed by atoms with Gasteiger partial charge >= 0.3 is 5.97 Å². The fourth-order valence-electron chi connectivity index (χ4n) is 12.4. The maximum atomic E-state index is 14.8. The number of aromatic nitrogens is 3. The van der Waals surface area contributed by atoms with Gasteiger partial charge in [-0.25, -0.2) is 17.5 Å². The van der Waals surface area contributed by atoms with Gasteiger partial charge < -0.3 is 58.6 Å². The van der Waals surface area contributed by atoms with Gasteiger partial charge in [0.15, 0.2) is 22.4 Å². The fraction of sp³-hybridized carbons (Fsp3) is 0.782. The molecule has 4 fully saturated rings. The van der Waals surface area contributed by atoms with E-state index in [2.05, 4.69) is 22.0 Å². The molecule has 2 bridgehead atoms. The molecule has 4 aliphatic rings. The summed E-state index contributed by atoms with van der Waals surface area (Å²) in [7, 11) is 0.0218. The molecule has 5 heterocycles. The molecule has 0 aliphatic carbocycles. The number of esters is 1. The summed E-state index contributed by atoms with van der Waals surface area (Å²) in [5.74, 6) is -3.95. The molecular formula is C55H88FN5O14S. The molecule has 1 aromatic carbocycles. The first-order valence-electron chi connectivity index (χ1n) is 27.0. The van der Waals surface area contributed by atoms with Crippen LogP contribution in [0.2, 0.25) is 0 Å². The lowest BCUT2D eigenvalue weighted by atomic mass is 9.68. The van der Waals surface area contributed by atoms with Crippen molar-refractivity contribution in [2.24, 2.45) is 34.7 Å². The van der Waals surface area contributed by atoms with Crippen LogP contribution in [0.4, 0.5) is 4.39 Å². The Labute approximate surface area is 449 Å². The Balaban J connectivity index is 1.34. The van der Waals surface area contributed by atoms with Crippen molar-refractivity contribution >= 4 is 21.5 Å². The summed E-state index contributed by atoms with van der Waals surface area (Å²) in [4.78, 5) is 17.0. The number of ether oxygens (including phenoxy) is 7. The number of carbonyl (C=O) groups excluding carboxylic acids is 1. The minimum atomic E-state index is -3.38. The average molecular weight is 1090 g/mol. The number of alkyl halides is 1. The second kappa shape index (κ2) is 25.3. The van der Waals surface area contributed by atoms with Crippen LogP contribution in [0.1, 0.15) is 125 Å². The number of halogens is 1. The number of hydrogen-bond acceptors (Lipinski definition) is 18. The summed E-state index contributed by atoms with van der Waals surface area (Å²) in [6.45, 7) is 22.5. The molecule has 4 saturated heterocycles. The highest BCUT2D eigenvalue weighted by atomic mass is 32.2. The van der Waals surface area contributed by atoms with Crippen LogP contribution in [0.15, 0.2) is 52.7 Å². The summed E-state index contributed by atoms with van der Waals surface area (Å²) in [5, 5.41) is 59.7. The van der Waals surface area contributed by atoms with E-state index in [1.54, 1.807) is 46.0 Å². The Morgan fingerprint density at radius 3 is 2.34 bits per heavy atom. The number of methoxy groups -OCH3 is 1. The molecule has 0 saturated carbocycles. The quantitative estimate of drug-likeness (QED) is 0.0688. The van der Waals surface area contributed by atoms with E-state index in [1.807, 2.05) is 53.5 Å². The van der Waals surface area contributed by atoms with Gasteiger partial charge in [-0.3, -0.25) is 4.79 Å². The molecule has 2 aromatic rings. The zero-order chi connectivity index (χ0) is 56.2. The van der Waals surface area contributed by atoms with Gasteiger partial charge in [0, 0.05) is 62.7 Å². The number of nitrogens with zero attached hydrogens (tertiary/aromatic N) is 5. The van der Waals surface area contributed by atoms with E-state index in [0.717, 1.165) is 17.4 Å². The van der Waals surface area contributed by atoms with Crippen LogP contribution in [0.5, 0.6) is 0 Å². The monoisotopic (exact) mass is 1090 g/mol. The Kier molecular flexibility index (Phi) is 20.6. The van der Waals surface area contributed by atoms with E-state index in [0.29, 0.717) is 43.6 Å². The summed E-state index contributed by atoms with van der Waals surface area (Å²) >= 11 is 0. The van der Waals surface area contributed by atoms with E-state index in [-0.39, 0.29) is 37.2 Å². The van der Waals surface area contributed by atoms with Crippen LogP contribution in [-0.4, -0.2) is 179 Å². The fourth-order valence-corrected chi connectivity index (χ4v) is 13.0. The number of oxime groups is 1. The minimum absolute atomic E-state index is 0.0940. The van der Waals surface area contributed by atoms with Crippen molar-refractivity contribution in [2.75, 3.05) is 40.2 Å². The maximum absolute atomic E-state index is 14.8. The highest BCUT2D eigenvalue weighted by molar-refractivity contribution is 7.90. The van der Waals surface area contributed by atoms with E-state index in [4.69, 9.17) is 33.2 Å². The molecule has 1 aromatic heterocycles. The van der Waals surface area contributed by atoms with Crippen molar-refractivity contribution in [3.05, 3.63) is 53.9 Å². The van der Waals surface area contributed by atoms with Crippen LogP contribution in [0, 0.1) is 29.6 Å². The molecule has 76 heavy (non-hydrogen) atoms. The number of rotatable bonds is 15. The van der Waals surface area contributed by atoms with Gasteiger partial charge in [0.25, 0.3) is 0 Å². The molecule has 0 radical (unpaired) electrons. The van der Waals surface area contributed by atoms with Gasteiger partial charge in [0.2, 0.25) is 0 Å². The van der Waals surface area contributed by atoms with E-state index < -0.39 is 136 Å². The predicted molar refractivity (Wildman–Crippen MR) is 281 cm³/mol. The highest BCUT2D eigenvalue weighted by Gasteiger charge is 2.54. The first kappa shape index (κ1) is 61.7. The molecular weight excluding hydrogens is 1010 g/mol. The van der Waals surface area contributed by atoms with E-state index in [1.165, 1.54) is 23.9 Å². The zero-order valence-electron chi connectivity index (χ0n) is 47.0.